The van der Waals surface area contributed by atoms with Gasteiger partial charge < -0.3 is 14.6 Å². The third kappa shape index (κ3) is 2.45. The van der Waals surface area contributed by atoms with E-state index in [-0.39, 0.29) is 5.91 Å². The Balaban J connectivity index is 1.77. The van der Waals surface area contributed by atoms with Crippen LogP contribution in [0.15, 0.2) is 18.3 Å². The molecule has 0 aromatic carbocycles. The van der Waals surface area contributed by atoms with Crippen molar-refractivity contribution in [3.05, 3.63) is 24.0 Å². The third-order valence-electron chi connectivity index (χ3n) is 4.76. The lowest BCUT2D eigenvalue weighted by molar-refractivity contribution is -0.148. The summed E-state index contributed by atoms with van der Waals surface area (Å²) in [5.41, 5.74) is -0.0447. The highest BCUT2D eigenvalue weighted by atomic mass is 16.4. The van der Waals surface area contributed by atoms with E-state index in [0.29, 0.717) is 37.7 Å². The molecule has 1 N–H and O–H groups in total. The molecular weight excluding hydrogens is 268 g/mol. The van der Waals surface area contributed by atoms with Gasteiger partial charge >= 0.3 is 5.97 Å². The molecule has 1 aliphatic heterocycles. The first-order valence-electron chi connectivity index (χ1n) is 7.77. The van der Waals surface area contributed by atoms with Gasteiger partial charge in [-0.05, 0) is 37.8 Å². The number of hydrogen-bond acceptors (Lipinski definition) is 2. The minimum absolute atomic E-state index is 0.0221. The molecule has 0 bridgehead atoms. The zero-order chi connectivity index (χ0) is 15.0. The molecule has 1 unspecified atom stereocenters. The Hall–Kier alpha value is -1.78. The summed E-state index contributed by atoms with van der Waals surface area (Å²) in [4.78, 5) is 26.0. The van der Waals surface area contributed by atoms with Gasteiger partial charge in [-0.25, -0.2) is 0 Å². The zero-order valence-electron chi connectivity index (χ0n) is 12.4. The monoisotopic (exact) mass is 290 g/mol. The number of carboxylic acids is 1. The highest BCUT2D eigenvalue weighted by molar-refractivity contribution is 5.93. The number of likely N-dealkylation sites (tertiary alicyclic amines) is 1. The Bertz CT molecular complexity index is 562. The van der Waals surface area contributed by atoms with Gasteiger partial charge in [0.15, 0.2) is 0 Å². The molecule has 21 heavy (non-hydrogen) atoms. The van der Waals surface area contributed by atoms with E-state index in [1.54, 1.807) is 4.90 Å². The van der Waals surface area contributed by atoms with Crippen molar-refractivity contribution in [3.63, 3.8) is 0 Å². The van der Waals surface area contributed by atoms with Crippen LogP contribution in [0.1, 0.15) is 55.6 Å². The molecule has 1 aromatic heterocycles. The van der Waals surface area contributed by atoms with Crippen molar-refractivity contribution in [2.75, 3.05) is 13.1 Å². The maximum Gasteiger partial charge on any atom is 0.311 e. The number of carbonyl (C=O) groups excluding carboxylic acids is 1. The van der Waals surface area contributed by atoms with E-state index in [4.69, 9.17) is 0 Å². The largest absolute Gasteiger partial charge is 0.481 e. The van der Waals surface area contributed by atoms with Crippen LogP contribution in [0.3, 0.4) is 0 Å². The molecule has 5 nitrogen and oxygen atoms in total. The Morgan fingerprint density at radius 2 is 2.19 bits per heavy atom. The Kier molecular flexibility index (Phi) is 3.51. The van der Waals surface area contributed by atoms with Crippen molar-refractivity contribution < 1.29 is 14.7 Å². The van der Waals surface area contributed by atoms with Crippen LogP contribution in [0.2, 0.25) is 0 Å². The molecule has 2 aliphatic rings. The van der Waals surface area contributed by atoms with Crippen LogP contribution in [0.5, 0.6) is 0 Å². The van der Waals surface area contributed by atoms with Crippen LogP contribution >= 0.6 is 0 Å². The van der Waals surface area contributed by atoms with Gasteiger partial charge in [0.1, 0.15) is 5.69 Å². The molecular formula is C16H22N2O3. The van der Waals surface area contributed by atoms with E-state index in [1.807, 2.05) is 29.8 Å². The number of rotatable bonds is 5. The summed E-state index contributed by atoms with van der Waals surface area (Å²) in [5.74, 6) is -0.789. The molecule has 1 saturated carbocycles. The first-order valence-corrected chi connectivity index (χ1v) is 7.77. The van der Waals surface area contributed by atoms with E-state index >= 15 is 0 Å². The highest BCUT2D eigenvalue weighted by Gasteiger charge is 2.46. The summed E-state index contributed by atoms with van der Waals surface area (Å²) < 4.78 is 2.04. The van der Waals surface area contributed by atoms with Crippen LogP contribution < -0.4 is 0 Å². The zero-order valence-corrected chi connectivity index (χ0v) is 12.4. The van der Waals surface area contributed by atoms with Crippen LogP contribution in [0.25, 0.3) is 0 Å². The maximum absolute atomic E-state index is 12.7. The number of carboxylic acid groups (broad SMARTS) is 1. The summed E-state index contributed by atoms with van der Waals surface area (Å²) in [6.45, 7) is 2.87. The summed E-state index contributed by atoms with van der Waals surface area (Å²) in [5, 5.41) is 9.53. The number of nitrogens with zero attached hydrogens (tertiary/aromatic N) is 2. The summed E-state index contributed by atoms with van der Waals surface area (Å²) in [7, 11) is 0. The predicted molar refractivity (Wildman–Crippen MR) is 78.2 cm³/mol. The fourth-order valence-electron chi connectivity index (χ4n) is 3.42. The fraction of sp³-hybridized carbons (Fsp3) is 0.625. The number of aliphatic carboxylic acids is 1. The highest BCUT2D eigenvalue weighted by Crippen LogP contribution is 2.38. The van der Waals surface area contributed by atoms with E-state index in [1.165, 1.54) is 0 Å². The molecule has 1 saturated heterocycles. The predicted octanol–water partition coefficient (Wildman–Crippen LogP) is 2.54. The summed E-state index contributed by atoms with van der Waals surface area (Å²) in [6.07, 6.45) is 6.24. The first kappa shape index (κ1) is 14.2. The molecule has 1 aliphatic carbocycles. The van der Waals surface area contributed by atoms with Gasteiger partial charge in [-0.1, -0.05) is 13.3 Å². The number of hydrogen-bond donors (Lipinski definition) is 1. The number of amides is 1. The smallest absolute Gasteiger partial charge is 0.311 e. The molecule has 1 atom stereocenters. The number of aromatic nitrogens is 1. The molecule has 2 heterocycles. The molecule has 0 radical (unpaired) electrons. The van der Waals surface area contributed by atoms with Crippen LogP contribution in [0.4, 0.5) is 0 Å². The fourth-order valence-corrected chi connectivity index (χ4v) is 3.42. The lowest BCUT2D eigenvalue weighted by Crippen LogP contribution is -2.37. The van der Waals surface area contributed by atoms with E-state index in [9.17, 15) is 14.7 Å². The molecule has 5 heteroatoms. The third-order valence-corrected chi connectivity index (χ3v) is 4.76. The van der Waals surface area contributed by atoms with Crippen molar-refractivity contribution >= 4 is 11.9 Å². The summed E-state index contributed by atoms with van der Waals surface area (Å²) >= 11 is 0. The number of carbonyl (C=O) groups is 2. The van der Waals surface area contributed by atoms with Gasteiger partial charge in [-0.3, -0.25) is 9.59 Å². The molecule has 114 valence electrons. The van der Waals surface area contributed by atoms with Gasteiger partial charge in [0.2, 0.25) is 0 Å². The van der Waals surface area contributed by atoms with Crippen molar-refractivity contribution in [1.29, 1.82) is 0 Å². The average Bonchev–Trinajstić information content (AvgIpc) is 3.03. The van der Waals surface area contributed by atoms with Gasteiger partial charge in [0.25, 0.3) is 5.91 Å². The minimum atomic E-state index is -0.766. The van der Waals surface area contributed by atoms with E-state index in [0.717, 1.165) is 19.3 Å². The Morgan fingerprint density at radius 1 is 1.43 bits per heavy atom. The Labute approximate surface area is 124 Å². The normalized spacial score (nSPS) is 25.3. The van der Waals surface area contributed by atoms with Gasteiger partial charge in [0.05, 0.1) is 5.41 Å². The van der Waals surface area contributed by atoms with Gasteiger partial charge in [-0.15, -0.1) is 0 Å². The second-order valence-electron chi connectivity index (χ2n) is 6.34. The molecule has 1 aromatic rings. The molecule has 1 amide bonds. The molecule has 3 rings (SSSR count). The van der Waals surface area contributed by atoms with Crippen LogP contribution in [0, 0.1) is 5.41 Å². The topological polar surface area (TPSA) is 62.5 Å². The van der Waals surface area contributed by atoms with Gasteiger partial charge in [0, 0.05) is 25.3 Å². The second kappa shape index (κ2) is 5.20. The summed E-state index contributed by atoms with van der Waals surface area (Å²) in [6, 6.07) is 4.21. The minimum Gasteiger partial charge on any atom is -0.481 e. The van der Waals surface area contributed by atoms with Crippen molar-refractivity contribution in [2.45, 2.75) is 45.1 Å². The van der Waals surface area contributed by atoms with Crippen molar-refractivity contribution in [2.24, 2.45) is 5.41 Å². The lowest BCUT2D eigenvalue weighted by atomic mass is 9.83. The van der Waals surface area contributed by atoms with Gasteiger partial charge in [-0.2, -0.15) is 0 Å². The standard InChI is InChI=1S/C16H22N2O3/c1-2-7-16(15(20)21)8-10-17(11-16)14(19)13-4-3-9-18(13)12-5-6-12/h3-4,9,12H,2,5-8,10-11H2,1H3,(H,20,21). The SMILES string of the molecule is CCCC1(C(=O)O)CCN(C(=O)c2cccn2C2CC2)C1. The Morgan fingerprint density at radius 3 is 2.81 bits per heavy atom. The lowest BCUT2D eigenvalue weighted by Gasteiger charge is -2.24. The first-order chi connectivity index (χ1) is 10.1. The van der Waals surface area contributed by atoms with Crippen LogP contribution in [-0.4, -0.2) is 39.5 Å². The van der Waals surface area contributed by atoms with Crippen LogP contribution in [-0.2, 0) is 4.79 Å². The maximum atomic E-state index is 12.7. The average molecular weight is 290 g/mol. The molecule has 2 fully saturated rings. The van der Waals surface area contributed by atoms with Crippen molar-refractivity contribution in [3.8, 4) is 0 Å². The van der Waals surface area contributed by atoms with Crippen molar-refractivity contribution in [1.82, 2.24) is 9.47 Å². The van der Waals surface area contributed by atoms with E-state index < -0.39 is 11.4 Å². The molecule has 0 spiro atoms. The van der Waals surface area contributed by atoms with E-state index in [2.05, 4.69) is 0 Å². The quantitative estimate of drug-likeness (QED) is 0.906. The second-order valence-corrected chi connectivity index (χ2v) is 6.34.